The fraction of sp³-hybridized carbons (Fsp3) is 0.235. The molecule has 2 N–H and O–H groups in total. The highest BCUT2D eigenvalue weighted by Crippen LogP contribution is 2.24. The molecule has 0 fully saturated rings. The topological polar surface area (TPSA) is 92.4 Å². The molecule has 2 aromatic heterocycles. The number of thiophene rings is 1. The molecule has 0 bridgehead atoms. The minimum atomic E-state index is -3.79. The van der Waals surface area contributed by atoms with Gasteiger partial charge in [-0.15, -0.1) is 0 Å². The van der Waals surface area contributed by atoms with Gasteiger partial charge in [-0.1, -0.05) is 29.4 Å². The van der Waals surface area contributed by atoms with Crippen molar-refractivity contribution in [3.63, 3.8) is 0 Å². The fourth-order valence-corrected chi connectivity index (χ4v) is 4.59. The molecule has 8 heteroatoms. The van der Waals surface area contributed by atoms with Crippen LogP contribution in [0.4, 0.5) is 0 Å². The van der Waals surface area contributed by atoms with Crippen LogP contribution in [-0.4, -0.2) is 25.2 Å². The third-order valence-corrected chi connectivity index (χ3v) is 6.20. The lowest BCUT2D eigenvalue weighted by Crippen LogP contribution is -2.29. The number of hydrogen-bond donors (Lipinski definition) is 2. The normalized spacial score (nSPS) is 13.1. The van der Waals surface area contributed by atoms with Crippen molar-refractivity contribution in [1.82, 2.24) is 9.88 Å². The molecular weight excluding hydrogens is 360 g/mol. The van der Waals surface area contributed by atoms with Gasteiger partial charge in [0.2, 0.25) is 10.0 Å². The number of aliphatic hydroxyl groups excluding tert-OH is 1. The summed E-state index contributed by atoms with van der Waals surface area (Å²) in [7, 11) is -3.79. The number of aromatic nitrogens is 1. The van der Waals surface area contributed by atoms with Gasteiger partial charge in [0.1, 0.15) is 10.6 Å². The SMILES string of the molecule is Cc1noc(C)c1S(=O)(=O)NCC(O)c1ccc(-c2ccsc2)cc1. The second kappa shape index (κ2) is 7.09. The number of nitrogens with zero attached hydrogens (tertiary/aromatic N) is 1. The molecule has 25 heavy (non-hydrogen) atoms. The molecule has 0 aliphatic rings. The highest BCUT2D eigenvalue weighted by atomic mass is 32.2. The van der Waals surface area contributed by atoms with Crippen LogP contribution in [0.5, 0.6) is 0 Å². The summed E-state index contributed by atoms with van der Waals surface area (Å²) in [6.45, 7) is 2.96. The molecule has 1 unspecified atom stereocenters. The van der Waals surface area contributed by atoms with E-state index in [1.54, 1.807) is 30.4 Å². The maximum atomic E-state index is 12.4. The van der Waals surface area contributed by atoms with E-state index >= 15 is 0 Å². The van der Waals surface area contributed by atoms with Crippen LogP contribution in [0, 0.1) is 13.8 Å². The van der Waals surface area contributed by atoms with Crippen LogP contribution in [-0.2, 0) is 10.0 Å². The first-order valence-corrected chi connectivity index (χ1v) is 10.0. The average molecular weight is 378 g/mol. The van der Waals surface area contributed by atoms with Crippen molar-refractivity contribution >= 4 is 21.4 Å². The summed E-state index contributed by atoms with van der Waals surface area (Å²) in [5, 5.41) is 18.0. The lowest BCUT2D eigenvalue weighted by molar-refractivity contribution is 0.182. The van der Waals surface area contributed by atoms with Crippen LogP contribution in [0.2, 0.25) is 0 Å². The van der Waals surface area contributed by atoms with Gasteiger partial charge < -0.3 is 9.63 Å². The maximum absolute atomic E-state index is 12.4. The Kier molecular flexibility index (Phi) is 5.05. The summed E-state index contributed by atoms with van der Waals surface area (Å²) < 4.78 is 32.0. The van der Waals surface area contributed by atoms with Crippen LogP contribution in [0.1, 0.15) is 23.1 Å². The molecule has 132 valence electrons. The first-order chi connectivity index (χ1) is 11.9. The summed E-state index contributed by atoms with van der Waals surface area (Å²) in [6, 6.07) is 9.42. The Balaban J connectivity index is 1.69. The van der Waals surface area contributed by atoms with Gasteiger partial charge in [0.05, 0.1) is 6.10 Å². The van der Waals surface area contributed by atoms with Crippen molar-refractivity contribution in [2.24, 2.45) is 0 Å². The van der Waals surface area contributed by atoms with Crippen LogP contribution < -0.4 is 4.72 Å². The Morgan fingerprint density at radius 2 is 1.92 bits per heavy atom. The number of aryl methyl sites for hydroxylation is 2. The standard InChI is InChI=1S/C17H18N2O4S2/c1-11-17(12(2)23-19-11)25(21,22)18-9-16(20)14-5-3-13(4-6-14)15-7-8-24-10-15/h3-8,10,16,18,20H,9H2,1-2H3. The van der Waals surface area contributed by atoms with Crippen LogP contribution in [0.3, 0.4) is 0 Å². The molecule has 3 aromatic rings. The Labute approximate surface area is 150 Å². The minimum Gasteiger partial charge on any atom is -0.387 e. The van der Waals surface area contributed by atoms with Crippen molar-refractivity contribution in [3.8, 4) is 11.1 Å². The number of rotatable bonds is 6. The Morgan fingerprint density at radius 3 is 2.48 bits per heavy atom. The van der Waals surface area contributed by atoms with Crippen molar-refractivity contribution < 1.29 is 18.0 Å². The first-order valence-electron chi connectivity index (χ1n) is 7.61. The second-order valence-corrected chi connectivity index (χ2v) is 8.14. The number of nitrogens with one attached hydrogen (secondary N) is 1. The van der Waals surface area contributed by atoms with E-state index in [2.05, 4.69) is 9.88 Å². The molecule has 2 heterocycles. The monoisotopic (exact) mass is 378 g/mol. The van der Waals surface area contributed by atoms with E-state index in [0.29, 0.717) is 11.3 Å². The van der Waals surface area contributed by atoms with E-state index in [0.717, 1.165) is 11.1 Å². The average Bonchev–Trinajstić information content (AvgIpc) is 3.23. The van der Waals surface area contributed by atoms with E-state index in [9.17, 15) is 13.5 Å². The zero-order valence-corrected chi connectivity index (χ0v) is 15.4. The van der Waals surface area contributed by atoms with Crippen molar-refractivity contribution in [2.75, 3.05) is 6.54 Å². The van der Waals surface area contributed by atoms with E-state index in [-0.39, 0.29) is 17.2 Å². The van der Waals surface area contributed by atoms with E-state index in [4.69, 9.17) is 4.52 Å². The van der Waals surface area contributed by atoms with Gasteiger partial charge in [0.15, 0.2) is 5.76 Å². The quantitative estimate of drug-likeness (QED) is 0.688. The Hall–Kier alpha value is -2.00. The second-order valence-electron chi connectivity index (χ2n) is 5.66. The summed E-state index contributed by atoms with van der Waals surface area (Å²) in [5.41, 5.74) is 3.10. The lowest BCUT2D eigenvalue weighted by Gasteiger charge is -2.13. The smallest absolute Gasteiger partial charge is 0.246 e. The molecule has 0 saturated carbocycles. The Morgan fingerprint density at radius 1 is 1.20 bits per heavy atom. The molecule has 0 saturated heterocycles. The zero-order chi connectivity index (χ0) is 18.0. The number of aliphatic hydroxyl groups is 1. The summed E-state index contributed by atoms with van der Waals surface area (Å²) in [6.07, 6.45) is -0.952. The molecule has 6 nitrogen and oxygen atoms in total. The largest absolute Gasteiger partial charge is 0.387 e. The molecule has 0 amide bonds. The molecule has 0 aliphatic carbocycles. The number of benzene rings is 1. The molecule has 1 aromatic carbocycles. The molecule has 3 rings (SSSR count). The summed E-state index contributed by atoms with van der Waals surface area (Å²) >= 11 is 1.62. The molecular formula is C17H18N2O4S2. The fourth-order valence-electron chi connectivity index (χ4n) is 2.56. The number of hydrogen-bond acceptors (Lipinski definition) is 6. The van der Waals surface area contributed by atoms with E-state index < -0.39 is 16.1 Å². The molecule has 0 radical (unpaired) electrons. The predicted molar refractivity (Wildman–Crippen MR) is 95.9 cm³/mol. The third-order valence-electron chi connectivity index (χ3n) is 3.85. The zero-order valence-electron chi connectivity index (χ0n) is 13.8. The highest BCUT2D eigenvalue weighted by Gasteiger charge is 2.24. The lowest BCUT2D eigenvalue weighted by atomic mass is 10.0. The Bertz CT molecular complexity index is 926. The highest BCUT2D eigenvalue weighted by molar-refractivity contribution is 7.89. The van der Waals surface area contributed by atoms with Gasteiger partial charge in [-0.2, -0.15) is 11.3 Å². The predicted octanol–water partition coefficient (Wildman–Crippen LogP) is 3.03. The van der Waals surface area contributed by atoms with Crippen molar-refractivity contribution in [1.29, 1.82) is 0 Å². The molecule has 0 aliphatic heterocycles. The van der Waals surface area contributed by atoms with Gasteiger partial charge in [0, 0.05) is 6.54 Å². The van der Waals surface area contributed by atoms with Crippen molar-refractivity contribution in [2.45, 2.75) is 24.8 Å². The summed E-state index contributed by atoms with van der Waals surface area (Å²) in [5.74, 6) is 0.222. The molecule has 0 spiro atoms. The van der Waals surface area contributed by atoms with Crippen LogP contribution >= 0.6 is 11.3 Å². The van der Waals surface area contributed by atoms with Crippen LogP contribution in [0.25, 0.3) is 11.1 Å². The maximum Gasteiger partial charge on any atom is 0.246 e. The van der Waals surface area contributed by atoms with Crippen molar-refractivity contribution in [3.05, 3.63) is 58.1 Å². The van der Waals surface area contributed by atoms with Crippen LogP contribution in [0.15, 0.2) is 50.5 Å². The van der Waals surface area contributed by atoms with E-state index in [1.807, 2.05) is 29.0 Å². The third kappa shape index (κ3) is 3.82. The van der Waals surface area contributed by atoms with Gasteiger partial charge in [-0.3, -0.25) is 0 Å². The molecule has 1 atom stereocenters. The summed E-state index contributed by atoms with van der Waals surface area (Å²) in [4.78, 5) is 0.0208. The number of sulfonamides is 1. The first kappa shape index (κ1) is 17.8. The van der Waals surface area contributed by atoms with Gasteiger partial charge >= 0.3 is 0 Å². The minimum absolute atomic E-state index is 0.0208. The van der Waals surface area contributed by atoms with Gasteiger partial charge in [0.25, 0.3) is 0 Å². The van der Waals surface area contributed by atoms with Gasteiger partial charge in [-0.05, 0) is 47.4 Å². The van der Waals surface area contributed by atoms with Gasteiger partial charge in [-0.25, -0.2) is 13.1 Å². The van der Waals surface area contributed by atoms with E-state index in [1.165, 1.54) is 6.92 Å².